The van der Waals surface area contributed by atoms with Crippen molar-refractivity contribution in [2.24, 2.45) is 5.11 Å². The van der Waals surface area contributed by atoms with Crippen LogP contribution in [0.1, 0.15) is 5.56 Å². The summed E-state index contributed by atoms with van der Waals surface area (Å²) in [5.74, 6) is 0. The van der Waals surface area contributed by atoms with E-state index < -0.39 is 0 Å². The topological polar surface area (TPSA) is 66.6 Å². The molecule has 0 aliphatic carbocycles. The monoisotopic (exact) mass is 199 g/mol. The predicted molar refractivity (Wildman–Crippen MR) is 56.6 cm³/mol. The Morgan fingerprint density at radius 1 is 1.33 bits per heavy atom. The van der Waals surface area contributed by atoms with Crippen LogP contribution in [-0.2, 0) is 6.54 Å². The molecule has 5 nitrogen and oxygen atoms in total. The van der Waals surface area contributed by atoms with Gasteiger partial charge in [0.05, 0.1) is 18.4 Å². The fourth-order valence-electron chi connectivity index (χ4n) is 1.31. The van der Waals surface area contributed by atoms with Crippen LogP contribution in [0.2, 0.25) is 0 Å². The molecule has 0 atom stereocenters. The van der Waals surface area contributed by atoms with Gasteiger partial charge in [0.1, 0.15) is 0 Å². The Hall–Kier alpha value is -2.26. The zero-order valence-corrected chi connectivity index (χ0v) is 7.98. The second kappa shape index (κ2) is 4.30. The zero-order valence-electron chi connectivity index (χ0n) is 7.98. The molecular formula is C10H9N5. The maximum Gasteiger partial charge on any atom is 0.0755 e. The molecule has 0 bridgehead atoms. The molecule has 1 aromatic carbocycles. The number of azide groups is 1. The van der Waals surface area contributed by atoms with Crippen LogP contribution in [0, 0.1) is 0 Å². The maximum absolute atomic E-state index is 8.24. The predicted octanol–water partition coefficient (Wildman–Crippen LogP) is 2.87. The van der Waals surface area contributed by atoms with Crippen LogP contribution in [0.5, 0.6) is 0 Å². The molecule has 74 valence electrons. The van der Waals surface area contributed by atoms with Gasteiger partial charge >= 0.3 is 0 Å². The lowest BCUT2D eigenvalue weighted by Gasteiger charge is -2.00. The third kappa shape index (κ3) is 2.36. The minimum absolute atomic E-state index is 0.536. The van der Waals surface area contributed by atoms with Gasteiger partial charge in [-0.25, -0.2) is 0 Å². The highest BCUT2D eigenvalue weighted by atomic mass is 15.3. The van der Waals surface area contributed by atoms with E-state index in [-0.39, 0.29) is 0 Å². The molecule has 0 spiro atoms. The van der Waals surface area contributed by atoms with Gasteiger partial charge in [-0.3, -0.25) is 4.68 Å². The molecule has 0 N–H and O–H groups in total. The maximum atomic E-state index is 8.24. The van der Waals surface area contributed by atoms with Crippen LogP contribution in [0.4, 0.5) is 5.69 Å². The van der Waals surface area contributed by atoms with Crippen molar-refractivity contribution in [3.8, 4) is 0 Å². The molecule has 0 amide bonds. The van der Waals surface area contributed by atoms with Crippen LogP contribution in [0.3, 0.4) is 0 Å². The van der Waals surface area contributed by atoms with E-state index in [0.29, 0.717) is 12.2 Å². The Labute approximate surface area is 86.6 Å². The molecule has 1 aromatic heterocycles. The number of nitrogens with zero attached hydrogens (tertiary/aromatic N) is 5. The standard InChI is InChI=1S/C10H9N5/c11-14-13-10-6-12-15(8-10)7-9-4-2-1-3-5-9/h1-6,8H,7H2. The van der Waals surface area contributed by atoms with E-state index in [1.54, 1.807) is 17.1 Å². The van der Waals surface area contributed by atoms with E-state index >= 15 is 0 Å². The first kappa shape index (κ1) is 9.30. The van der Waals surface area contributed by atoms with Crippen LogP contribution in [0.15, 0.2) is 47.8 Å². The lowest BCUT2D eigenvalue weighted by Crippen LogP contribution is -1.98. The number of hydrogen-bond acceptors (Lipinski definition) is 2. The molecule has 0 saturated heterocycles. The summed E-state index contributed by atoms with van der Waals surface area (Å²) < 4.78 is 1.74. The Morgan fingerprint density at radius 3 is 2.87 bits per heavy atom. The first-order valence-corrected chi connectivity index (χ1v) is 4.50. The average Bonchev–Trinajstić information content (AvgIpc) is 2.68. The number of hydrogen-bond donors (Lipinski definition) is 0. The third-order valence-electron chi connectivity index (χ3n) is 1.97. The Balaban J connectivity index is 2.15. The summed E-state index contributed by atoms with van der Waals surface area (Å²) in [6, 6.07) is 9.97. The Kier molecular flexibility index (Phi) is 2.67. The highest BCUT2D eigenvalue weighted by Crippen LogP contribution is 2.10. The zero-order chi connectivity index (χ0) is 10.5. The normalized spacial score (nSPS) is 9.60. The minimum Gasteiger partial charge on any atom is -0.268 e. The number of rotatable bonds is 3. The quantitative estimate of drug-likeness (QED) is 0.425. The lowest BCUT2D eigenvalue weighted by atomic mass is 10.2. The molecule has 2 rings (SSSR count). The van der Waals surface area contributed by atoms with Crippen molar-refractivity contribution in [1.29, 1.82) is 0 Å². The van der Waals surface area contributed by atoms with Crippen molar-refractivity contribution in [1.82, 2.24) is 9.78 Å². The van der Waals surface area contributed by atoms with Crippen molar-refractivity contribution in [2.75, 3.05) is 0 Å². The SMILES string of the molecule is [N-]=[N+]=Nc1cnn(Cc2ccccc2)c1. The highest BCUT2D eigenvalue weighted by molar-refractivity contribution is 5.30. The molecule has 0 aliphatic heterocycles. The van der Waals surface area contributed by atoms with Gasteiger partial charge < -0.3 is 0 Å². The van der Waals surface area contributed by atoms with Gasteiger partial charge in [0.25, 0.3) is 0 Å². The van der Waals surface area contributed by atoms with E-state index in [9.17, 15) is 0 Å². The molecule has 0 fully saturated rings. The molecule has 5 heteroatoms. The molecular weight excluding hydrogens is 190 g/mol. The molecule has 2 aromatic rings. The van der Waals surface area contributed by atoms with Gasteiger partial charge in [-0.2, -0.15) is 5.10 Å². The minimum atomic E-state index is 0.536. The van der Waals surface area contributed by atoms with Crippen LogP contribution >= 0.6 is 0 Å². The van der Waals surface area contributed by atoms with E-state index in [0.717, 1.165) is 5.56 Å². The molecule has 1 heterocycles. The fourth-order valence-corrected chi connectivity index (χ4v) is 1.31. The Bertz CT molecular complexity index is 482. The van der Waals surface area contributed by atoms with Crippen molar-refractivity contribution in [3.63, 3.8) is 0 Å². The second-order valence-corrected chi connectivity index (χ2v) is 3.07. The lowest BCUT2D eigenvalue weighted by molar-refractivity contribution is 0.687. The average molecular weight is 199 g/mol. The van der Waals surface area contributed by atoms with E-state index in [1.165, 1.54) is 0 Å². The van der Waals surface area contributed by atoms with Crippen LogP contribution in [-0.4, -0.2) is 9.78 Å². The van der Waals surface area contributed by atoms with Crippen molar-refractivity contribution in [2.45, 2.75) is 6.54 Å². The molecule has 0 saturated carbocycles. The Morgan fingerprint density at radius 2 is 2.13 bits per heavy atom. The van der Waals surface area contributed by atoms with Crippen molar-refractivity contribution < 1.29 is 0 Å². The number of aromatic nitrogens is 2. The fraction of sp³-hybridized carbons (Fsp3) is 0.100. The largest absolute Gasteiger partial charge is 0.268 e. The summed E-state index contributed by atoms with van der Waals surface area (Å²) in [5.41, 5.74) is 9.94. The third-order valence-corrected chi connectivity index (χ3v) is 1.97. The summed E-state index contributed by atoms with van der Waals surface area (Å²) in [4.78, 5) is 2.70. The van der Waals surface area contributed by atoms with E-state index in [4.69, 9.17) is 5.53 Å². The summed E-state index contributed by atoms with van der Waals surface area (Å²) in [6.07, 6.45) is 3.26. The van der Waals surface area contributed by atoms with Gasteiger partial charge in [0.15, 0.2) is 0 Å². The molecule has 0 aliphatic rings. The summed E-state index contributed by atoms with van der Waals surface area (Å²) in [7, 11) is 0. The van der Waals surface area contributed by atoms with Crippen LogP contribution in [0.25, 0.3) is 10.4 Å². The van der Waals surface area contributed by atoms with E-state index in [1.807, 2.05) is 30.3 Å². The van der Waals surface area contributed by atoms with Crippen LogP contribution < -0.4 is 0 Å². The van der Waals surface area contributed by atoms with Crippen molar-refractivity contribution in [3.05, 3.63) is 58.7 Å². The van der Waals surface area contributed by atoms with Gasteiger partial charge in [-0.1, -0.05) is 35.4 Å². The first-order valence-electron chi connectivity index (χ1n) is 4.50. The molecule has 0 unspecified atom stereocenters. The summed E-state index contributed by atoms with van der Waals surface area (Å²) in [6.45, 7) is 0.682. The molecule has 15 heavy (non-hydrogen) atoms. The van der Waals surface area contributed by atoms with E-state index in [2.05, 4.69) is 15.1 Å². The second-order valence-electron chi connectivity index (χ2n) is 3.07. The van der Waals surface area contributed by atoms with Gasteiger partial charge in [-0.15, -0.1) is 0 Å². The van der Waals surface area contributed by atoms with Gasteiger partial charge in [0, 0.05) is 11.1 Å². The van der Waals surface area contributed by atoms with Gasteiger partial charge in [0.2, 0.25) is 0 Å². The molecule has 0 radical (unpaired) electrons. The smallest absolute Gasteiger partial charge is 0.0755 e. The highest BCUT2D eigenvalue weighted by Gasteiger charge is 1.96. The van der Waals surface area contributed by atoms with Gasteiger partial charge in [-0.05, 0) is 11.1 Å². The van der Waals surface area contributed by atoms with Crippen molar-refractivity contribution >= 4 is 5.69 Å². The number of benzene rings is 1. The first-order chi connectivity index (χ1) is 7.38. The summed E-state index contributed by atoms with van der Waals surface area (Å²) >= 11 is 0. The summed E-state index contributed by atoms with van der Waals surface area (Å²) in [5, 5.41) is 7.55.